The van der Waals surface area contributed by atoms with Crippen LogP contribution < -0.4 is 0 Å². The molecule has 0 amide bonds. The summed E-state index contributed by atoms with van der Waals surface area (Å²) in [6, 6.07) is 138. The number of hydrogen-bond donors (Lipinski definition) is 0. The number of furan rings is 2. The highest BCUT2D eigenvalue weighted by atomic mass is 16.3. The third-order valence-electron chi connectivity index (χ3n) is 22.7. The van der Waals surface area contributed by atoms with E-state index in [0.29, 0.717) is 40.7 Å². The van der Waals surface area contributed by atoms with Gasteiger partial charge in [0, 0.05) is 55.9 Å². The van der Waals surface area contributed by atoms with E-state index in [1.54, 1.807) is 6.33 Å². The maximum atomic E-state index is 6.49. The third kappa shape index (κ3) is 14.0. The predicted octanol–water partition coefficient (Wildman–Crippen LogP) is 27.9. The van der Waals surface area contributed by atoms with Crippen LogP contribution in [0.3, 0.4) is 0 Å². The second-order valence-corrected chi connectivity index (χ2v) is 30.2. The molecule has 0 N–H and O–H groups in total. The quantitative estimate of drug-likeness (QED) is 0.102. The van der Waals surface area contributed by atoms with Crippen LogP contribution in [0.25, 0.3) is 234 Å². The summed E-state index contributed by atoms with van der Waals surface area (Å²) in [4.78, 5) is 48.4. The van der Waals surface area contributed by atoms with Crippen LogP contribution in [0.2, 0.25) is 0 Å². The molecule has 0 bridgehead atoms. The van der Waals surface area contributed by atoms with E-state index in [-0.39, 0.29) is 0 Å². The predicted molar refractivity (Wildman–Crippen MR) is 494 cm³/mol. The van der Waals surface area contributed by atoms with Crippen molar-refractivity contribution < 1.29 is 8.83 Å². The number of rotatable bonds is 14. The van der Waals surface area contributed by atoms with Gasteiger partial charge in [0.05, 0.1) is 27.3 Å². The van der Waals surface area contributed by atoms with Crippen LogP contribution in [-0.4, -0.2) is 49.8 Å². The van der Waals surface area contributed by atoms with E-state index in [9.17, 15) is 0 Å². The fourth-order valence-corrected chi connectivity index (χ4v) is 16.3. The largest absolute Gasteiger partial charge is 0.455 e. The normalized spacial score (nSPS) is 11.4. The molecule has 0 aliphatic rings. The van der Waals surface area contributed by atoms with Crippen molar-refractivity contribution in [2.75, 3.05) is 0 Å². The van der Waals surface area contributed by atoms with E-state index in [1.165, 1.54) is 11.1 Å². The van der Waals surface area contributed by atoms with Crippen molar-refractivity contribution in [2.24, 2.45) is 0 Å². The fourth-order valence-electron chi connectivity index (χ4n) is 16.3. The van der Waals surface area contributed by atoms with Crippen molar-refractivity contribution in [1.82, 2.24) is 49.8 Å². The maximum Gasteiger partial charge on any atom is 0.246 e. The van der Waals surface area contributed by atoms with Gasteiger partial charge in [-0.3, -0.25) is 0 Å². The molecule has 23 rings (SSSR count). The van der Waals surface area contributed by atoms with Gasteiger partial charge in [-0.15, -0.1) is 0 Å². The Kier molecular flexibility index (Phi) is 18.3. The molecule has 17 aromatic carbocycles. The number of aromatic nitrogens is 10. The Morgan fingerprint density at radius 3 is 0.992 bits per heavy atom. The average Bonchev–Trinajstić information content (AvgIpc) is 1.57. The molecule has 0 saturated heterocycles. The van der Waals surface area contributed by atoms with Crippen molar-refractivity contribution in [1.29, 1.82) is 0 Å². The van der Waals surface area contributed by atoms with Crippen molar-refractivity contribution in [3.05, 3.63) is 413 Å². The van der Waals surface area contributed by atoms with E-state index in [2.05, 4.69) is 289 Å². The Morgan fingerprint density at radius 2 is 0.541 bits per heavy atom. The molecule has 6 aromatic heterocycles. The second-order valence-electron chi connectivity index (χ2n) is 30.2. The minimum atomic E-state index is 0.562. The Balaban J connectivity index is 0.000000146. The molecule has 0 atom stereocenters. The van der Waals surface area contributed by atoms with Crippen LogP contribution >= 0.6 is 0 Å². The summed E-state index contributed by atoms with van der Waals surface area (Å²) in [5.74, 6) is 3.81. The van der Waals surface area contributed by atoms with Crippen LogP contribution in [0.1, 0.15) is 0 Å². The molecule has 0 spiro atoms. The zero-order valence-corrected chi connectivity index (χ0v) is 65.5. The molecule has 12 nitrogen and oxygen atoms in total. The van der Waals surface area contributed by atoms with Crippen molar-refractivity contribution in [3.8, 4) is 157 Å². The average molecular weight is 1560 g/mol. The summed E-state index contributed by atoms with van der Waals surface area (Å²) in [6.07, 6.45) is 3.47. The van der Waals surface area contributed by atoms with Gasteiger partial charge in [-0.25, -0.2) is 49.8 Å². The van der Waals surface area contributed by atoms with E-state index in [4.69, 9.17) is 48.7 Å². The lowest BCUT2D eigenvalue weighted by Gasteiger charge is -2.10. The Labute approximate surface area is 701 Å². The first-order chi connectivity index (χ1) is 60.4. The molecule has 0 saturated carbocycles. The number of para-hydroxylation sites is 3. The highest BCUT2D eigenvalue weighted by Crippen LogP contribution is 2.43. The SMILES string of the molecule is c1ccc(-c2ccc(-c3nc(-c4ccccc4)nc(-c4ccc(-c5ccc(-c6ccc(-c7ccc8c(ccc9oc%10nc%11ccccc%11nc%10c98)c7)cc6)cc5)cc4)n3)cc2)cc1.c1ccc(-c2ccc(-c3nc(-c4ccccc4)nc(-c4ccc(-c5ccc(-c6cccc(-c7cc8cncnc8c8c7oc7ccccc78)c6)cc5)cc4)n3)cc2)cc1. The molecule has 23 aromatic rings. The Bertz CT molecular complexity index is 7850. The molecule has 0 aliphatic heterocycles. The first-order valence-electron chi connectivity index (χ1n) is 40.5. The van der Waals surface area contributed by atoms with Crippen LogP contribution in [0.15, 0.2) is 422 Å². The summed E-state index contributed by atoms with van der Waals surface area (Å²) >= 11 is 0. The third-order valence-corrected chi connectivity index (χ3v) is 22.7. The first-order valence-corrected chi connectivity index (χ1v) is 40.5. The van der Waals surface area contributed by atoms with E-state index < -0.39 is 0 Å². The van der Waals surface area contributed by atoms with Gasteiger partial charge in [-0.1, -0.05) is 358 Å². The zero-order chi connectivity index (χ0) is 80.8. The lowest BCUT2D eigenvalue weighted by Crippen LogP contribution is -2.00. The smallest absolute Gasteiger partial charge is 0.246 e. The summed E-state index contributed by atoms with van der Waals surface area (Å²) in [7, 11) is 0. The van der Waals surface area contributed by atoms with Gasteiger partial charge in [-0.05, 0) is 137 Å². The van der Waals surface area contributed by atoms with Crippen LogP contribution in [0.4, 0.5) is 0 Å². The van der Waals surface area contributed by atoms with Gasteiger partial charge in [0.15, 0.2) is 34.9 Å². The molecular weight excluding hydrogens is 1490 g/mol. The maximum absolute atomic E-state index is 6.49. The molecule has 0 fully saturated rings. The Morgan fingerprint density at radius 1 is 0.197 bits per heavy atom. The molecule has 0 radical (unpaired) electrons. The molecule has 6 heterocycles. The number of benzene rings is 17. The standard InChI is InChI=1S/C57H35N5O.C53H33N5O/c1-3-9-36(10-4-1)37-23-27-44(28-24-37)55-60-54(43-11-5-2-6-12-43)61-56(62-55)45-29-25-41(26-30-45)39-17-15-38(16-18-39)40-19-21-42(22-20-40)46-31-33-48-47(35-46)32-34-51-52(48)53-57(63-51)59-50-14-8-7-13-49(50)58-53;1-3-10-34(11-4-1)35-22-26-40(27-23-35)52-56-51(39-12-5-2-6-13-39)57-53(58-52)41-28-24-37(25-29-41)36-18-20-38(21-19-36)42-14-9-15-43(30-42)46-31-44-32-54-33-55-49(44)48-45-16-7-8-17-47(45)59-50(46)48/h1-35H;1-33H. The monoisotopic (exact) mass is 1560 g/mol. The lowest BCUT2D eigenvalue weighted by atomic mass is 9.95. The summed E-state index contributed by atoms with van der Waals surface area (Å²) in [5, 5.41) is 6.27. The van der Waals surface area contributed by atoms with Crippen LogP contribution in [-0.2, 0) is 0 Å². The summed E-state index contributed by atoms with van der Waals surface area (Å²) in [5.41, 5.74) is 30.1. The Hall–Kier alpha value is -16.7. The number of hydrogen-bond acceptors (Lipinski definition) is 12. The van der Waals surface area contributed by atoms with Gasteiger partial charge in [0.2, 0.25) is 5.71 Å². The van der Waals surface area contributed by atoms with Gasteiger partial charge < -0.3 is 8.83 Å². The first kappa shape index (κ1) is 71.8. The number of nitrogens with zero attached hydrogens (tertiary/aromatic N) is 10. The summed E-state index contributed by atoms with van der Waals surface area (Å²) < 4.78 is 12.6. The minimum Gasteiger partial charge on any atom is -0.455 e. The molecule has 0 aliphatic carbocycles. The molecular formula is C110H68N10O2. The highest BCUT2D eigenvalue weighted by Gasteiger charge is 2.22. The van der Waals surface area contributed by atoms with Crippen molar-refractivity contribution in [2.45, 2.75) is 0 Å². The van der Waals surface area contributed by atoms with Crippen LogP contribution in [0, 0.1) is 0 Å². The number of fused-ring (bicyclic) bond motifs is 11. The van der Waals surface area contributed by atoms with Gasteiger partial charge in [0.1, 0.15) is 28.6 Å². The van der Waals surface area contributed by atoms with E-state index in [1.807, 2.05) is 128 Å². The zero-order valence-electron chi connectivity index (χ0n) is 65.5. The van der Waals surface area contributed by atoms with Crippen LogP contribution in [0.5, 0.6) is 0 Å². The second kappa shape index (κ2) is 31.1. The molecule has 0 unspecified atom stereocenters. The van der Waals surface area contributed by atoms with Gasteiger partial charge in [0.25, 0.3) is 0 Å². The van der Waals surface area contributed by atoms with E-state index in [0.717, 1.165) is 182 Å². The molecule has 12 heteroatoms. The molecule has 570 valence electrons. The summed E-state index contributed by atoms with van der Waals surface area (Å²) in [6.45, 7) is 0. The minimum absolute atomic E-state index is 0.562. The fraction of sp³-hybridized carbons (Fsp3) is 0. The topological polar surface area (TPSA) is 155 Å². The lowest BCUT2D eigenvalue weighted by molar-refractivity contribution is 0.655. The van der Waals surface area contributed by atoms with Gasteiger partial charge in [-0.2, -0.15) is 0 Å². The van der Waals surface area contributed by atoms with Crippen molar-refractivity contribution in [3.63, 3.8) is 0 Å². The van der Waals surface area contributed by atoms with Gasteiger partial charge >= 0.3 is 0 Å². The highest BCUT2D eigenvalue weighted by molar-refractivity contribution is 6.21. The molecule has 122 heavy (non-hydrogen) atoms. The van der Waals surface area contributed by atoms with Crippen molar-refractivity contribution >= 4 is 76.8 Å². The van der Waals surface area contributed by atoms with E-state index >= 15 is 0 Å².